The molecule has 2 aliphatic rings. The molecule has 0 aromatic heterocycles. The Morgan fingerprint density at radius 3 is 2.04 bits per heavy atom. The molecule has 0 unspecified atom stereocenters. The molecule has 0 bridgehead atoms. The molecule has 0 aliphatic carbocycles. The number of likely N-dealkylation sites (tertiary alicyclic amines) is 2. The molecule has 0 atom stereocenters. The van der Waals surface area contributed by atoms with Crippen LogP contribution in [0.3, 0.4) is 0 Å². The van der Waals surface area contributed by atoms with Crippen molar-refractivity contribution in [1.29, 1.82) is 0 Å². The summed E-state index contributed by atoms with van der Waals surface area (Å²) in [6.45, 7) is 16.8. The number of ether oxygens (including phenoxy) is 1. The van der Waals surface area contributed by atoms with Crippen LogP contribution in [-0.4, -0.2) is 61.3 Å². The van der Waals surface area contributed by atoms with Crippen molar-refractivity contribution >= 4 is 0 Å². The van der Waals surface area contributed by atoms with Gasteiger partial charge < -0.3 is 14.5 Å². The Morgan fingerprint density at radius 1 is 0.870 bits per heavy atom. The van der Waals surface area contributed by atoms with Crippen molar-refractivity contribution in [3.8, 4) is 0 Å². The average Bonchev–Trinajstić information content (AvgIpc) is 2.50. The fourth-order valence-electron chi connectivity index (χ4n) is 4.09. The minimum atomic E-state index is 0.381. The van der Waals surface area contributed by atoms with Crippen LogP contribution in [0.25, 0.3) is 0 Å². The van der Waals surface area contributed by atoms with Gasteiger partial charge in [-0.3, -0.25) is 0 Å². The summed E-state index contributed by atoms with van der Waals surface area (Å²) in [5.41, 5.74) is 0. The first-order chi connectivity index (χ1) is 11.0. The highest BCUT2D eigenvalue weighted by Crippen LogP contribution is 2.22. The van der Waals surface area contributed by atoms with Crippen LogP contribution in [0.5, 0.6) is 0 Å². The van der Waals surface area contributed by atoms with E-state index in [0.717, 1.165) is 11.8 Å². The molecule has 2 fully saturated rings. The topological polar surface area (TPSA) is 15.7 Å². The summed E-state index contributed by atoms with van der Waals surface area (Å²) in [7, 11) is 0. The number of hydrogen-bond acceptors (Lipinski definition) is 3. The van der Waals surface area contributed by atoms with Crippen LogP contribution in [0.2, 0.25) is 0 Å². The third-order valence-electron chi connectivity index (χ3n) is 5.48. The van der Waals surface area contributed by atoms with Crippen LogP contribution in [0.15, 0.2) is 0 Å². The molecule has 0 saturated carbocycles. The van der Waals surface area contributed by atoms with Gasteiger partial charge in [-0.05, 0) is 83.8 Å². The Labute approximate surface area is 144 Å². The second-order valence-corrected chi connectivity index (χ2v) is 8.51. The summed E-state index contributed by atoms with van der Waals surface area (Å²) in [6.07, 6.45) is 8.92. The Bertz CT molecular complexity index is 303. The van der Waals surface area contributed by atoms with E-state index >= 15 is 0 Å². The molecular formula is C20H40N2O. The van der Waals surface area contributed by atoms with Gasteiger partial charge in [0.2, 0.25) is 0 Å². The van der Waals surface area contributed by atoms with Crippen molar-refractivity contribution < 1.29 is 4.74 Å². The van der Waals surface area contributed by atoms with E-state index in [1.807, 2.05) is 0 Å². The van der Waals surface area contributed by atoms with E-state index in [1.165, 1.54) is 77.8 Å². The first kappa shape index (κ1) is 19.2. The maximum atomic E-state index is 5.96. The lowest BCUT2D eigenvalue weighted by atomic mass is 9.94. The lowest BCUT2D eigenvalue weighted by Gasteiger charge is -2.38. The molecule has 3 nitrogen and oxygen atoms in total. The third-order valence-corrected chi connectivity index (χ3v) is 5.48. The molecule has 136 valence electrons. The Hall–Kier alpha value is -0.120. The first-order valence-corrected chi connectivity index (χ1v) is 10.1. The largest absolute Gasteiger partial charge is 0.375 e. The van der Waals surface area contributed by atoms with Crippen LogP contribution in [0, 0.1) is 11.8 Å². The van der Waals surface area contributed by atoms with E-state index in [4.69, 9.17) is 4.74 Å². The highest BCUT2D eigenvalue weighted by molar-refractivity contribution is 4.79. The highest BCUT2D eigenvalue weighted by Gasteiger charge is 2.25. The zero-order chi connectivity index (χ0) is 16.7. The van der Waals surface area contributed by atoms with Crippen molar-refractivity contribution in [2.24, 2.45) is 11.8 Å². The molecule has 2 saturated heterocycles. The molecule has 0 amide bonds. The molecule has 23 heavy (non-hydrogen) atoms. The molecule has 2 aliphatic heterocycles. The minimum absolute atomic E-state index is 0.381. The van der Waals surface area contributed by atoms with Gasteiger partial charge in [0, 0.05) is 19.6 Å². The van der Waals surface area contributed by atoms with Gasteiger partial charge in [0.1, 0.15) is 0 Å². The normalized spacial score (nSPS) is 23.2. The van der Waals surface area contributed by atoms with Gasteiger partial charge in [-0.25, -0.2) is 0 Å². The zero-order valence-corrected chi connectivity index (χ0v) is 16.1. The summed E-state index contributed by atoms with van der Waals surface area (Å²) in [6, 6.07) is 0. The van der Waals surface area contributed by atoms with Gasteiger partial charge in [-0.15, -0.1) is 0 Å². The monoisotopic (exact) mass is 324 g/mol. The van der Waals surface area contributed by atoms with E-state index in [9.17, 15) is 0 Å². The van der Waals surface area contributed by atoms with Crippen molar-refractivity contribution in [2.75, 3.05) is 39.3 Å². The summed E-state index contributed by atoms with van der Waals surface area (Å²) in [5.74, 6) is 1.79. The van der Waals surface area contributed by atoms with Gasteiger partial charge >= 0.3 is 0 Å². The van der Waals surface area contributed by atoms with E-state index in [2.05, 4.69) is 37.5 Å². The van der Waals surface area contributed by atoms with E-state index < -0.39 is 0 Å². The van der Waals surface area contributed by atoms with Crippen LogP contribution < -0.4 is 0 Å². The summed E-state index contributed by atoms with van der Waals surface area (Å²) < 4.78 is 5.96. The summed E-state index contributed by atoms with van der Waals surface area (Å²) in [5, 5.41) is 0. The van der Waals surface area contributed by atoms with Gasteiger partial charge in [0.15, 0.2) is 0 Å². The molecule has 0 radical (unpaired) electrons. The summed E-state index contributed by atoms with van der Waals surface area (Å²) >= 11 is 0. The van der Waals surface area contributed by atoms with E-state index in [0.29, 0.717) is 12.2 Å². The van der Waals surface area contributed by atoms with E-state index in [1.54, 1.807) is 0 Å². The van der Waals surface area contributed by atoms with Crippen LogP contribution >= 0.6 is 0 Å². The Balaban J connectivity index is 1.56. The Kier molecular flexibility index (Phi) is 8.35. The average molecular weight is 325 g/mol. The number of rotatable bonds is 8. The minimum Gasteiger partial charge on any atom is -0.375 e. The molecule has 2 heterocycles. The molecule has 0 N–H and O–H groups in total. The molecule has 2 rings (SSSR count). The van der Waals surface area contributed by atoms with Crippen LogP contribution in [-0.2, 0) is 4.74 Å². The van der Waals surface area contributed by atoms with Gasteiger partial charge in [-0.2, -0.15) is 0 Å². The van der Waals surface area contributed by atoms with Crippen molar-refractivity contribution in [2.45, 2.75) is 78.4 Å². The van der Waals surface area contributed by atoms with Crippen LogP contribution in [0.1, 0.15) is 66.2 Å². The maximum Gasteiger partial charge on any atom is 0.0603 e. The van der Waals surface area contributed by atoms with Gasteiger partial charge in [0.05, 0.1) is 12.2 Å². The second-order valence-electron chi connectivity index (χ2n) is 8.51. The number of nitrogens with zero attached hydrogens (tertiary/aromatic N) is 2. The molecule has 0 aromatic carbocycles. The van der Waals surface area contributed by atoms with Gasteiger partial charge in [-0.1, -0.05) is 13.8 Å². The predicted molar refractivity (Wildman–Crippen MR) is 98.9 cm³/mol. The number of piperidine rings is 2. The quantitative estimate of drug-likeness (QED) is 0.670. The molecule has 0 aromatic rings. The smallest absolute Gasteiger partial charge is 0.0603 e. The maximum absolute atomic E-state index is 5.96. The lowest BCUT2D eigenvalue weighted by Crippen LogP contribution is -2.43. The van der Waals surface area contributed by atoms with Crippen LogP contribution in [0.4, 0.5) is 0 Å². The first-order valence-electron chi connectivity index (χ1n) is 10.1. The highest BCUT2D eigenvalue weighted by atomic mass is 16.5. The van der Waals surface area contributed by atoms with Crippen molar-refractivity contribution in [3.05, 3.63) is 0 Å². The predicted octanol–water partition coefficient (Wildman–Crippen LogP) is 4.02. The third kappa shape index (κ3) is 7.53. The fourth-order valence-corrected chi connectivity index (χ4v) is 4.09. The van der Waals surface area contributed by atoms with Crippen molar-refractivity contribution in [3.63, 3.8) is 0 Å². The standard InChI is InChI=1S/C20H40N2O/c1-17(2)6-5-11-21-12-7-19(8-13-21)16-22-14-9-20(10-15-22)23-18(3)4/h17-20H,5-16H2,1-4H3. The molecular weight excluding hydrogens is 284 g/mol. The Morgan fingerprint density at radius 2 is 1.48 bits per heavy atom. The van der Waals surface area contributed by atoms with Crippen molar-refractivity contribution in [1.82, 2.24) is 9.80 Å². The lowest BCUT2D eigenvalue weighted by molar-refractivity contribution is -0.0298. The second kappa shape index (κ2) is 10.0. The number of hydrogen-bond donors (Lipinski definition) is 0. The molecule has 0 spiro atoms. The van der Waals surface area contributed by atoms with E-state index in [-0.39, 0.29) is 0 Å². The SMILES string of the molecule is CC(C)CCCN1CCC(CN2CCC(OC(C)C)CC2)CC1. The summed E-state index contributed by atoms with van der Waals surface area (Å²) in [4.78, 5) is 5.39. The molecule has 3 heteroatoms. The van der Waals surface area contributed by atoms with Gasteiger partial charge in [0.25, 0.3) is 0 Å². The fraction of sp³-hybridized carbons (Fsp3) is 1.00. The zero-order valence-electron chi connectivity index (χ0n) is 16.1.